The van der Waals surface area contributed by atoms with Gasteiger partial charge in [-0.05, 0) is 25.2 Å². The second-order valence-electron chi connectivity index (χ2n) is 5.87. The molecule has 1 aliphatic heterocycles. The smallest absolute Gasteiger partial charge is 0.297 e. The molecule has 3 rings (SSSR count). The van der Waals surface area contributed by atoms with Gasteiger partial charge in [-0.25, -0.2) is 13.2 Å². The van der Waals surface area contributed by atoms with Crippen molar-refractivity contribution in [3.05, 3.63) is 31.6 Å². The highest BCUT2D eigenvalue weighted by Gasteiger charge is 2.33. The Kier molecular flexibility index (Phi) is 3.73. The Morgan fingerprint density at radius 1 is 1.14 bits per heavy atom. The SMILES string of the molecule is O=c1[nH]c(Cl)c(C2CCCC2)c(=O)n1C1CCS(=O)(=O)C1. The summed E-state index contributed by atoms with van der Waals surface area (Å²) in [4.78, 5) is 27.2. The van der Waals surface area contributed by atoms with Crippen LogP contribution >= 0.6 is 11.6 Å². The summed E-state index contributed by atoms with van der Waals surface area (Å²) in [5.74, 6) is -0.0711. The minimum Gasteiger partial charge on any atom is -0.297 e. The Morgan fingerprint density at radius 2 is 1.81 bits per heavy atom. The van der Waals surface area contributed by atoms with Crippen LogP contribution in [0.5, 0.6) is 0 Å². The fourth-order valence-electron chi connectivity index (χ4n) is 3.42. The fraction of sp³-hybridized carbons (Fsp3) is 0.692. The van der Waals surface area contributed by atoms with E-state index in [2.05, 4.69) is 4.98 Å². The second kappa shape index (κ2) is 5.28. The van der Waals surface area contributed by atoms with E-state index in [0.29, 0.717) is 12.0 Å². The second-order valence-corrected chi connectivity index (χ2v) is 8.48. The highest BCUT2D eigenvalue weighted by Crippen LogP contribution is 2.35. The van der Waals surface area contributed by atoms with E-state index >= 15 is 0 Å². The van der Waals surface area contributed by atoms with Crippen molar-refractivity contribution < 1.29 is 8.42 Å². The number of halogens is 1. The number of hydrogen-bond donors (Lipinski definition) is 1. The molecule has 116 valence electrons. The van der Waals surface area contributed by atoms with Crippen LogP contribution in [0.15, 0.2) is 9.59 Å². The van der Waals surface area contributed by atoms with E-state index in [1.54, 1.807) is 0 Å². The van der Waals surface area contributed by atoms with Gasteiger partial charge in [0.05, 0.1) is 23.1 Å². The Hall–Kier alpha value is -1.08. The molecule has 0 aromatic carbocycles. The van der Waals surface area contributed by atoms with Crippen molar-refractivity contribution in [3.63, 3.8) is 0 Å². The number of sulfone groups is 1. The Morgan fingerprint density at radius 3 is 2.38 bits per heavy atom. The maximum Gasteiger partial charge on any atom is 0.329 e. The van der Waals surface area contributed by atoms with Crippen molar-refractivity contribution >= 4 is 21.4 Å². The molecule has 1 unspecified atom stereocenters. The summed E-state index contributed by atoms with van der Waals surface area (Å²) in [5.41, 5.74) is -0.593. The van der Waals surface area contributed by atoms with Gasteiger partial charge in [0.2, 0.25) is 0 Å². The molecule has 2 heterocycles. The average Bonchev–Trinajstić information content (AvgIpc) is 2.99. The Bertz CT molecular complexity index is 774. The lowest BCUT2D eigenvalue weighted by molar-refractivity contribution is 0.501. The zero-order valence-corrected chi connectivity index (χ0v) is 13.0. The maximum atomic E-state index is 12.7. The van der Waals surface area contributed by atoms with Crippen molar-refractivity contribution in [3.8, 4) is 0 Å². The molecule has 2 aliphatic rings. The van der Waals surface area contributed by atoms with Crippen molar-refractivity contribution in [1.82, 2.24) is 9.55 Å². The molecule has 0 bridgehead atoms. The van der Waals surface area contributed by atoms with Crippen molar-refractivity contribution in [2.24, 2.45) is 0 Å². The summed E-state index contributed by atoms with van der Waals surface area (Å²) >= 11 is 6.06. The monoisotopic (exact) mass is 332 g/mol. The first-order valence-corrected chi connectivity index (χ1v) is 9.33. The van der Waals surface area contributed by atoms with Gasteiger partial charge in [-0.2, -0.15) is 0 Å². The molecule has 8 heteroatoms. The lowest BCUT2D eigenvalue weighted by Crippen LogP contribution is -2.41. The van der Waals surface area contributed by atoms with E-state index in [4.69, 9.17) is 11.6 Å². The summed E-state index contributed by atoms with van der Waals surface area (Å²) in [6.45, 7) is 0. The minimum atomic E-state index is -3.16. The minimum absolute atomic E-state index is 0.0188. The molecule has 0 spiro atoms. The largest absolute Gasteiger partial charge is 0.329 e. The summed E-state index contributed by atoms with van der Waals surface area (Å²) < 4.78 is 24.2. The molecule has 1 atom stereocenters. The van der Waals surface area contributed by atoms with Crippen LogP contribution in [-0.2, 0) is 9.84 Å². The fourth-order valence-corrected chi connectivity index (χ4v) is 5.43. The van der Waals surface area contributed by atoms with Crippen LogP contribution in [0.25, 0.3) is 0 Å². The number of aromatic amines is 1. The zero-order chi connectivity index (χ0) is 15.2. The molecule has 0 radical (unpaired) electrons. The van der Waals surface area contributed by atoms with E-state index in [-0.39, 0.29) is 22.6 Å². The molecule has 21 heavy (non-hydrogen) atoms. The summed E-state index contributed by atoms with van der Waals surface area (Å²) in [6.07, 6.45) is 4.14. The quantitative estimate of drug-likeness (QED) is 0.824. The molecule has 1 saturated heterocycles. The topological polar surface area (TPSA) is 89.0 Å². The number of nitrogens with zero attached hydrogens (tertiary/aromatic N) is 1. The molecule has 0 amide bonds. The summed E-state index contributed by atoms with van der Waals surface area (Å²) in [6, 6.07) is -0.580. The molecule has 1 aliphatic carbocycles. The van der Waals surface area contributed by atoms with Gasteiger partial charge in [0.1, 0.15) is 5.15 Å². The van der Waals surface area contributed by atoms with Gasteiger partial charge < -0.3 is 0 Å². The average molecular weight is 333 g/mol. The number of rotatable bonds is 2. The molecule has 1 N–H and O–H groups in total. The third-order valence-electron chi connectivity index (χ3n) is 4.46. The maximum absolute atomic E-state index is 12.7. The van der Waals surface area contributed by atoms with E-state index in [1.165, 1.54) is 0 Å². The van der Waals surface area contributed by atoms with Gasteiger partial charge >= 0.3 is 5.69 Å². The van der Waals surface area contributed by atoms with Crippen LogP contribution < -0.4 is 11.2 Å². The molecule has 6 nitrogen and oxygen atoms in total. The first-order chi connectivity index (χ1) is 9.89. The highest BCUT2D eigenvalue weighted by atomic mass is 35.5. The molecule has 1 saturated carbocycles. The van der Waals surface area contributed by atoms with E-state index in [9.17, 15) is 18.0 Å². The predicted molar refractivity (Wildman–Crippen MR) is 79.8 cm³/mol. The van der Waals surface area contributed by atoms with E-state index in [1.807, 2.05) is 0 Å². The van der Waals surface area contributed by atoms with Crippen LogP contribution in [0.4, 0.5) is 0 Å². The van der Waals surface area contributed by atoms with Crippen LogP contribution in [0, 0.1) is 0 Å². The molecule has 1 aromatic heterocycles. The van der Waals surface area contributed by atoms with Crippen LogP contribution in [0.1, 0.15) is 49.6 Å². The molecule has 2 fully saturated rings. The van der Waals surface area contributed by atoms with E-state index in [0.717, 1.165) is 30.3 Å². The highest BCUT2D eigenvalue weighted by molar-refractivity contribution is 7.91. The lowest BCUT2D eigenvalue weighted by Gasteiger charge is -2.16. The van der Waals surface area contributed by atoms with Gasteiger partial charge in [-0.3, -0.25) is 14.3 Å². The van der Waals surface area contributed by atoms with Gasteiger partial charge in [0.25, 0.3) is 5.56 Å². The number of hydrogen-bond acceptors (Lipinski definition) is 4. The van der Waals surface area contributed by atoms with Crippen molar-refractivity contribution in [2.75, 3.05) is 11.5 Å². The number of aromatic nitrogens is 2. The third kappa shape index (κ3) is 2.68. The summed E-state index contributed by atoms with van der Waals surface area (Å²) in [7, 11) is -3.16. The first-order valence-electron chi connectivity index (χ1n) is 7.13. The van der Waals surface area contributed by atoms with Gasteiger partial charge in [0.15, 0.2) is 9.84 Å². The predicted octanol–water partition coefficient (Wildman–Crippen LogP) is 1.21. The zero-order valence-electron chi connectivity index (χ0n) is 11.5. The van der Waals surface area contributed by atoms with Crippen LogP contribution in [0.2, 0.25) is 5.15 Å². The van der Waals surface area contributed by atoms with Crippen LogP contribution in [0.3, 0.4) is 0 Å². The molecular formula is C13H17ClN2O4S. The molecule has 1 aromatic rings. The third-order valence-corrected chi connectivity index (χ3v) is 6.51. The molecular weight excluding hydrogens is 316 g/mol. The van der Waals surface area contributed by atoms with Crippen molar-refractivity contribution in [1.29, 1.82) is 0 Å². The number of H-pyrrole nitrogens is 1. The normalized spacial score (nSPS) is 25.5. The van der Waals surface area contributed by atoms with Gasteiger partial charge in [-0.15, -0.1) is 0 Å². The van der Waals surface area contributed by atoms with E-state index < -0.39 is 27.1 Å². The summed E-state index contributed by atoms with van der Waals surface area (Å²) in [5, 5.41) is 0.106. The Labute approximate surface area is 127 Å². The van der Waals surface area contributed by atoms with Gasteiger partial charge in [-0.1, -0.05) is 24.4 Å². The number of nitrogens with one attached hydrogen (secondary N) is 1. The van der Waals surface area contributed by atoms with Gasteiger partial charge in [0, 0.05) is 0 Å². The first kappa shape index (κ1) is 14.8. The van der Waals surface area contributed by atoms with Crippen molar-refractivity contribution in [2.45, 2.75) is 44.1 Å². The lowest BCUT2D eigenvalue weighted by atomic mass is 10.0. The Balaban J connectivity index is 2.11. The van der Waals surface area contributed by atoms with Crippen LogP contribution in [-0.4, -0.2) is 29.5 Å². The standard InChI is InChI=1S/C13H17ClN2O4S/c14-11-10(8-3-1-2-4-8)12(17)16(13(18)15-11)9-5-6-21(19,20)7-9/h8-9H,1-7H2,(H,15,18).